The molecule has 1 aliphatic rings. The Morgan fingerprint density at radius 3 is 2.61 bits per heavy atom. The maximum absolute atomic E-state index is 12.1. The van der Waals surface area contributed by atoms with Crippen LogP contribution in [-0.2, 0) is 4.79 Å². The molecule has 1 N–H and O–H groups in total. The van der Waals surface area contributed by atoms with E-state index in [0.29, 0.717) is 29.5 Å². The number of hydrogen-bond donors (Lipinski definition) is 1. The number of benzene rings is 1. The standard InChI is InChI=1S/C17H25N3O3/c1-12-9-13(2)11-19(10-12)8-7-17(21)18-15-5-4-6-16(14(15)3)20(22)23/h4-6,12-13H,7-11H2,1-3H3,(H,18,21). The highest BCUT2D eigenvalue weighted by Gasteiger charge is 2.22. The van der Waals surface area contributed by atoms with Crippen LogP contribution in [0.1, 0.15) is 32.3 Å². The number of piperidine rings is 1. The number of nitro benzene ring substituents is 1. The quantitative estimate of drug-likeness (QED) is 0.668. The predicted molar refractivity (Wildman–Crippen MR) is 90.5 cm³/mol. The smallest absolute Gasteiger partial charge is 0.274 e. The molecule has 6 heteroatoms. The van der Waals surface area contributed by atoms with Gasteiger partial charge < -0.3 is 10.2 Å². The van der Waals surface area contributed by atoms with Crippen LogP contribution in [0.15, 0.2) is 18.2 Å². The van der Waals surface area contributed by atoms with Gasteiger partial charge in [-0.1, -0.05) is 19.9 Å². The van der Waals surface area contributed by atoms with Crippen LogP contribution in [0.4, 0.5) is 11.4 Å². The van der Waals surface area contributed by atoms with Gasteiger partial charge in [-0.2, -0.15) is 0 Å². The van der Waals surface area contributed by atoms with E-state index in [1.807, 2.05) is 0 Å². The van der Waals surface area contributed by atoms with Gasteiger partial charge in [0.1, 0.15) is 0 Å². The van der Waals surface area contributed by atoms with Crippen LogP contribution in [0, 0.1) is 28.9 Å². The van der Waals surface area contributed by atoms with E-state index in [2.05, 4.69) is 24.1 Å². The van der Waals surface area contributed by atoms with E-state index >= 15 is 0 Å². The summed E-state index contributed by atoms with van der Waals surface area (Å²) < 4.78 is 0. The number of nitro groups is 1. The number of nitrogens with one attached hydrogen (secondary N) is 1. The molecule has 1 fully saturated rings. The Hall–Kier alpha value is -1.95. The van der Waals surface area contributed by atoms with Crippen molar-refractivity contribution in [2.45, 2.75) is 33.6 Å². The predicted octanol–water partition coefficient (Wildman–Crippen LogP) is 3.21. The lowest BCUT2D eigenvalue weighted by Gasteiger charge is -2.34. The number of hydrogen-bond acceptors (Lipinski definition) is 4. The zero-order valence-electron chi connectivity index (χ0n) is 14.0. The Balaban J connectivity index is 1.90. The van der Waals surface area contributed by atoms with Gasteiger partial charge in [0.05, 0.1) is 16.2 Å². The van der Waals surface area contributed by atoms with E-state index in [0.717, 1.165) is 19.6 Å². The molecule has 0 bridgehead atoms. The average molecular weight is 319 g/mol. The monoisotopic (exact) mass is 319 g/mol. The van der Waals surface area contributed by atoms with Gasteiger partial charge in [-0.25, -0.2) is 0 Å². The summed E-state index contributed by atoms with van der Waals surface area (Å²) in [5.74, 6) is 1.24. The molecule has 1 aliphatic heterocycles. The molecule has 6 nitrogen and oxygen atoms in total. The van der Waals surface area contributed by atoms with Crippen LogP contribution < -0.4 is 5.32 Å². The summed E-state index contributed by atoms with van der Waals surface area (Å²) in [5.41, 5.74) is 1.04. The number of carbonyl (C=O) groups excluding carboxylic acids is 1. The third-order valence-electron chi connectivity index (χ3n) is 4.38. The summed E-state index contributed by atoms with van der Waals surface area (Å²) in [6, 6.07) is 4.74. The number of nitrogens with zero attached hydrogens (tertiary/aromatic N) is 2. The molecule has 0 saturated carbocycles. The molecule has 1 aromatic rings. The molecule has 1 saturated heterocycles. The lowest BCUT2D eigenvalue weighted by atomic mass is 9.92. The first-order chi connectivity index (χ1) is 10.9. The van der Waals surface area contributed by atoms with Gasteiger partial charge >= 0.3 is 0 Å². The van der Waals surface area contributed by atoms with Crippen molar-refractivity contribution in [3.05, 3.63) is 33.9 Å². The molecule has 126 valence electrons. The maximum Gasteiger partial charge on any atom is 0.274 e. The van der Waals surface area contributed by atoms with E-state index in [1.165, 1.54) is 12.5 Å². The second-order valence-corrected chi connectivity index (χ2v) is 6.71. The zero-order valence-corrected chi connectivity index (χ0v) is 14.0. The van der Waals surface area contributed by atoms with E-state index < -0.39 is 4.92 Å². The van der Waals surface area contributed by atoms with Crippen molar-refractivity contribution in [3.8, 4) is 0 Å². The van der Waals surface area contributed by atoms with E-state index in [4.69, 9.17) is 0 Å². The summed E-state index contributed by atoms with van der Waals surface area (Å²) in [7, 11) is 0. The maximum atomic E-state index is 12.1. The molecule has 23 heavy (non-hydrogen) atoms. The summed E-state index contributed by atoms with van der Waals surface area (Å²) in [6.45, 7) is 8.95. The van der Waals surface area contributed by atoms with Crippen molar-refractivity contribution in [1.29, 1.82) is 0 Å². The van der Waals surface area contributed by atoms with Crippen molar-refractivity contribution in [2.75, 3.05) is 25.0 Å². The number of rotatable bonds is 5. The van der Waals surface area contributed by atoms with Gasteiger partial charge in [-0.15, -0.1) is 0 Å². The molecule has 0 radical (unpaired) electrons. The van der Waals surface area contributed by atoms with Crippen molar-refractivity contribution in [3.63, 3.8) is 0 Å². The van der Waals surface area contributed by atoms with Crippen LogP contribution >= 0.6 is 0 Å². The van der Waals surface area contributed by atoms with Gasteiger partial charge in [0, 0.05) is 32.1 Å². The third kappa shape index (κ3) is 4.76. The highest BCUT2D eigenvalue weighted by molar-refractivity contribution is 5.92. The fourth-order valence-electron chi connectivity index (χ4n) is 3.40. The van der Waals surface area contributed by atoms with E-state index in [-0.39, 0.29) is 11.6 Å². The van der Waals surface area contributed by atoms with Crippen molar-refractivity contribution < 1.29 is 9.72 Å². The van der Waals surface area contributed by atoms with Crippen LogP contribution in [0.3, 0.4) is 0 Å². The summed E-state index contributed by atoms with van der Waals surface area (Å²) >= 11 is 0. The second kappa shape index (κ2) is 7.55. The fraction of sp³-hybridized carbons (Fsp3) is 0.588. The van der Waals surface area contributed by atoms with Gasteiger partial charge in [0.25, 0.3) is 5.69 Å². The van der Waals surface area contributed by atoms with Gasteiger partial charge in [0.15, 0.2) is 0 Å². The molecule has 0 spiro atoms. The SMILES string of the molecule is Cc1c(NC(=O)CCN2CC(C)CC(C)C2)cccc1[N+](=O)[O-]. The Morgan fingerprint density at radius 1 is 1.35 bits per heavy atom. The molecule has 1 amide bonds. The average Bonchev–Trinajstić information content (AvgIpc) is 2.46. The molecule has 1 aromatic carbocycles. The number of amides is 1. The van der Waals surface area contributed by atoms with Crippen molar-refractivity contribution >= 4 is 17.3 Å². The van der Waals surface area contributed by atoms with Crippen LogP contribution in [-0.4, -0.2) is 35.4 Å². The van der Waals surface area contributed by atoms with Crippen LogP contribution in [0.2, 0.25) is 0 Å². The number of likely N-dealkylation sites (tertiary alicyclic amines) is 1. The van der Waals surface area contributed by atoms with Gasteiger partial charge in [-0.05, 0) is 31.2 Å². The van der Waals surface area contributed by atoms with Crippen LogP contribution in [0.5, 0.6) is 0 Å². The minimum Gasteiger partial charge on any atom is -0.326 e. The van der Waals surface area contributed by atoms with E-state index in [1.54, 1.807) is 19.1 Å². The first kappa shape index (κ1) is 17.4. The Bertz CT molecular complexity index is 578. The molecule has 0 aromatic heterocycles. The first-order valence-electron chi connectivity index (χ1n) is 8.13. The highest BCUT2D eigenvalue weighted by atomic mass is 16.6. The Labute approximate surface area is 137 Å². The molecule has 1 heterocycles. The number of anilines is 1. The minimum absolute atomic E-state index is 0.0291. The van der Waals surface area contributed by atoms with E-state index in [9.17, 15) is 14.9 Å². The second-order valence-electron chi connectivity index (χ2n) is 6.71. The van der Waals surface area contributed by atoms with Crippen molar-refractivity contribution in [2.24, 2.45) is 11.8 Å². The largest absolute Gasteiger partial charge is 0.326 e. The molecule has 2 rings (SSSR count). The zero-order chi connectivity index (χ0) is 17.0. The summed E-state index contributed by atoms with van der Waals surface area (Å²) in [5, 5.41) is 13.7. The lowest BCUT2D eigenvalue weighted by Crippen LogP contribution is -2.40. The molecule has 0 aliphatic carbocycles. The molecular formula is C17H25N3O3. The molecule has 2 unspecified atom stereocenters. The van der Waals surface area contributed by atoms with Gasteiger partial charge in [-0.3, -0.25) is 14.9 Å². The first-order valence-corrected chi connectivity index (χ1v) is 8.13. The summed E-state index contributed by atoms with van der Waals surface area (Å²) in [6.07, 6.45) is 1.65. The number of carbonyl (C=O) groups is 1. The van der Waals surface area contributed by atoms with Gasteiger partial charge in [0.2, 0.25) is 5.91 Å². The highest BCUT2D eigenvalue weighted by Crippen LogP contribution is 2.25. The Kier molecular flexibility index (Phi) is 5.71. The topological polar surface area (TPSA) is 75.5 Å². The lowest BCUT2D eigenvalue weighted by molar-refractivity contribution is -0.385. The summed E-state index contributed by atoms with van der Waals surface area (Å²) in [4.78, 5) is 25.0. The van der Waals surface area contributed by atoms with Crippen LogP contribution in [0.25, 0.3) is 0 Å². The van der Waals surface area contributed by atoms with Crippen molar-refractivity contribution in [1.82, 2.24) is 4.90 Å². The Morgan fingerprint density at radius 2 is 2.00 bits per heavy atom. The molecule has 2 atom stereocenters. The molecular weight excluding hydrogens is 294 g/mol. The fourth-order valence-corrected chi connectivity index (χ4v) is 3.40. The minimum atomic E-state index is -0.429. The normalized spacial score (nSPS) is 21.9. The third-order valence-corrected chi connectivity index (χ3v) is 4.38.